The molecule has 0 atom stereocenters. The van der Waals surface area contributed by atoms with E-state index in [0.29, 0.717) is 4.99 Å². The lowest BCUT2D eigenvalue weighted by Crippen LogP contribution is -2.10. The molecule has 2 N–H and O–H groups in total. The molecule has 0 saturated heterocycles. The van der Waals surface area contributed by atoms with E-state index >= 15 is 0 Å². The minimum atomic E-state index is 0.393. The molecule has 3 heteroatoms. The first-order chi connectivity index (χ1) is 6.29. The summed E-state index contributed by atoms with van der Waals surface area (Å²) < 4.78 is 0. The van der Waals surface area contributed by atoms with Crippen molar-refractivity contribution < 1.29 is 0 Å². The van der Waals surface area contributed by atoms with Crippen LogP contribution in [0.5, 0.6) is 0 Å². The fourth-order valence-electron chi connectivity index (χ4n) is 1.30. The third-order valence-electron chi connectivity index (χ3n) is 1.90. The van der Waals surface area contributed by atoms with E-state index in [1.165, 1.54) is 0 Å². The van der Waals surface area contributed by atoms with Crippen molar-refractivity contribution in [2.45, 2.75) is 0 Å². The Balaban J connectivity index is 2.83. The van der Waals surface area contributed by atoms with Crippen LogP contribution in [0.4, 0.5) is 0 Å². The lowest BCUT2D eigenvalue weighted by molar-refractivity contribution is 1.40. The number of hydrogen-bond donors (Lipinski definition) is 1. The molecule has 0 radical (unpaired) electrons. The molecule has 0 saturated carbocycles. The highest BCUT2D eigenvalue weighted by Gasteiger charge is 2.02. The van der Waals surface area contributed by atoms with E-state index in [9.17, 15) is 0 Å². The highest BCUT2D eigenvalue weighted by atomic mass is 32.1. The van der Waals surface area contributed by atoms with E-state index in [4.69, 9.17) is 18.0 Å². The van der Waals surface area contributed by atoms with E-state index in [1.807, 2.05) is 30.3 Å². The standard InChI is InChI=1S/C10H8N2S/c11-10(13)8-5-1-3-7-4-2-6-12-9(7)8/h1-6H,(H2,11,13). The molecule has 0 fully saturated rings. The van der Waals surface area contributed by atoms with Crippen LogP contribution in [0, 0.1) is 0 Å². The Hall–Kier alpha value is -1.48. The zero-order chi connectivity index (χ0) is 9.26. The van der Waals surface area contributed by atoms with Crippen molar-refractivity contribution in [2.75, 3.05) is 0 Å². The number of fused-ring (bicyclic) bond motifs is 1. The van der Waals surface area contributed by atoms with Crippen molar-refractivity contribution in [2.24, 2.45) is 5.73 Å². The van der Waals surface area contributed by atoms with Crippen molar-refractivity contribution in [3.05, 3.63) is 42.1 Å². The van der Waals surface area contributed by atoms with Gasteiger partial charge in [0.1, 0.15) is 4.99 Å². The van der Waals surface area contributed by atoms with E-state index in [0.717, 1.165) is 16.5 Å². The molecular weight excluding hydrogens is 180 g/mol. The van der Waals surface area contributed by atoms with Gasteiger partial charge >= 0.3 is 0 Å². The Labute approximate surface area is 81.4 Å². The van der Waals surface area contributed by atoms with Crippen LogP contribution in [-0.4, -0.2) is 9.97 Å². The van der Waals surface area contributed by atoms with Crippen LogP contribution in [0.1, 0.15) is 5.56 Å². The molecule has 0 aliphatic heterocycles. The smallest absolute Gasteiger partial charge is 0.106 e. The number of para-hydroxylation sites is 1. The second kappa shape index (κ2) is 3.11. The second-order valence-corrected chi connectivity index (χ2v) is 3.18. The molecule has 2 nitrogen and oxygen atoms in total. The predicted molar refractivity (Wildman–Crippen MR) is 57.6 cm³/mol. The molecule has 0 amide bonds. The van der Waals surface area contributed by atoms with Crippen LogP contribution in [0.2, 0.25) is 0 Å². The number of nitrogens with zero attached hydrogens (tertiary/aromatic N) is 1. The highest BCUT2D eigenvalue weighted by Crippen LogP contribution is 2.15. The topological polar surface area (TPSA) is 38.9 Å². The SMILES string of the molecule is NC(=S)c1cccc2cccnc12. The van der Waals surface area contributed by atoms with Gasteiger partial charge < -0.3 is 5.73 Å². The van der Waals surface area contributed by atoms with Crippen LogP contribution in [-0.2, 0) is 0 Å². The summed E-state index contributed by atoms with van der Waals surface area (Å²) >= 11 is 4.93. The number of hydrogen-bond acceptors (Lipinski definition) is 2. The fourth-order valence-corrected chi connectivity index (χ4v) is 1.47. The Morgan fingerprint density at radius 3 is 2.77 bits per heavy atom. The number of rotatable bonds is 1. The van der Waals surface area contributed by atoms with Crippen molar-refractivity contribution in [1.29, 1.82) is 0 Å². The lowest BCUT2D eigenvalue weighted by Gasteiger charge is -2.02. The molecule has 2 rings (SSSR count). The number of aromatic nitrogens is 1. The first-order valence-corrected chi connectivity index (χ1v) is 4.33. The van der Waals surface area contributed by atoms with Crippen molar-refractivity contribution in [1.82, 2.24) is 4.98 Å². The van der Waals surface area contributed by atoms with Crippen LogP contribution in [0.15, 0.2) is 36.5 Å². The average Bonchev–Trinajstić information content (AvgIpc) is 2.17. The first kappa shape index (κ1) is 8.13. The Bertz CT molecular complexity index is 460. The van der Waals surface area contributed by atoms with Crippen molar-refractivity contribution >= 4 is 28.1 Å². The third-order valence-corrected chi connectivity index (χ3v) is 2.12. The summed E-state index contributed by atoms with van der Waals surface area (Å²) in [7, 11) is 0. The van der Waals surface area contributed by atoms with Gasteiger partial charge in [0.15, 0.2) is 0 Å². The summed E-state index contributed by atoms with van der Waals surface area (Å²) in [6.45, 7) is 0. The molecule has 1 heterocycles. The summed E-state index contributed by atoms with van der Waals surface area (Å²) in [5.74, 6) is 0. The molecule has 0 aliphatic rings. The Kier molecular flexibility index (Phi) is 1.94. The monoisotopic (exact) mass is 188 g/mol. The molecule has 0 bridgehead atoms. The summed E-state index contributed by atoms with van der Waals surface area (Å²) in [4.78, 5) is 4.63. The van der Waals surface area contributed by atoms with Gasteiger partial charge in [-0.1, -0.05) is 30.4 Å². The van der Waals surface area contributed by atoms with Gasteiger partial charge in [-0.2, -0.15) is 0 Å². The molecule has 64 valence electrons. The van der Waals surface area contributed by atoms with Gasteiger partial charge in [0.05, 0.1) is 5.52 Å². The molecule has 1 aromatic carbocycles. The normalized spacial score (nSPS) is 10.2. The number of thiocarbonyl (C=S) groups is 1. The first-order valence-electron chi connectivity index (χ1n) is 3.92. The maximum Gasteiger partial charge on any atom is 0.106 e. The molecule has 0 aliphatic carbocycles. The van der Waals surface area contributed by atoms with Crippen LogP contribution in [0.3, 0.4) is 0 Å². The fraction of sp³-hybridized carbons (Fsp3) is 0. The highest BCUT2D eigenvalue weighted by molar-refractivity contribution is 7.80. The minimum absolute atomic E-state index is 0.393. The van der Waals surface area contributed by atoms with Crippen LogP contribution >= 0.6 is 12.2 Å². The van der Waals surface area contributed by atoms with Gasteiger partial charge in [-0.15, -0.1) is 0 Å². The van der Waals surface area contributed by atoms with Gasteiger partial charge in [0.25, 0.3) is 0 Å². The molecular formula is C10H8N2S. The average molecular weight is 188 g/mol. The van der Waals surface area contributed by atoms with E-state index < -0.39 is 0 Å². The van der Waals surface area contributed by atoms with E-state index in [-0.39, 0.29) is 0 Å². The summed E-state index contributed by atoms with van der Waals surface area (Å²) in [6, 6.07) is 9.69. The Morgan fingerprint density at radius 2 is 2.00 bits per heavy atom. The van der Waals surface area contributed by atoms with Crippen LogP contribution in [0.25, 0.3) is 10.9 Å². The number of benzene rings is 1. The zero-order valence-corrected chi connectivity index (χ0v) is 7.71. The van der Waals surface area contributed by atoms with E-state index in [2.05, 4.69) is 4.98 Å². The van der Waals surface area contributed by atoms with Gasteiger partial charge in [-0.3, -0.25) is 4.98 Å². The van der Waals surface area contributed by atoms with E-state index in [1.54, 1.807) is 6.20 Å². The molecule has 13 heavy (non-hydrogen) atoms. The molecule has 2 aromatic rings. The molecule has 1 aromatic heterocycles. The largest absolute Gasteiger partial charge is 0.389 e. The second-order valence-electron chi connectivity index (χ2n) is 2.74. The minimum Gasteiger partial charge on any atom is -0.389 e. The molecule has 0 unspecified atom stereocenters. The van der Waals surface area contributed by atoms with Gasteiger partial charge in [-0.25, -0.2) is 0 Å². The third kappa shape index (κ3) is 1.38. The predicted octanol–water partition coefficient (Wildman–Crippen LogP) is 1.87. The maximum absolute atomic E-state index is 5.57. The maximum atomic E-state index is 5.57. The summed E-state index contributed by atoms with van der Waals surface area (Å²) in [5.41, 5.74) is 7.28. The zero-order valence-electron chi connectivity index (χ0n) is 6.90. The summed E-state index contributed by atoms with van der Waals surface area (Å²) in [5, 5.41) is 1.06. The van der Waals surface area contributed by atoms with Gasteiger partial charge in [-0.05, 0) is 12.1 Å². The van der Waals surface area contributed by atoms with Crippen LogP contribution < -0.4 is 5.73 Å². The Morgan fingerprint density at radius 1 is 1.23 bits per heavy atom. The molecule has 0 spiro atoms. The lowest BCUT2D eigenvalue weighted by atomic mass is 10.1. The van der Waals surface area contributed by atoms with Gasteiger partial charge in [0, 0.05) is 17.1 Å². The number of pyridine rings is 1. The summed E-state index contributed by atoms with van der Waals surface area (Å²) in [6.07, 6.45) is 1.74. The number of nitrogens with two attached hydrogens (primary N) is 1. The van der Waals surface area contributed by atoms with Crippen molar-refractivity contribution in [3.8, 4) is 0 Å². The quantitative estimate of drug-likeness (QED) is 0.694. The van der Waals surface area contributed by atoms with Gasteiger partial charge in [0.2, 0.25) is 0 Å². The van der Waals surface area contributed by atoms with Crippen molar-refractivity contribution in [3.63, 3.8) is 0 Å².